The summed E-state index contributed by atoms with van der Waals surface area (Å²) in [4.78, 5) is 47.9. The van der Waals surface area contributed by atoms with Gasteiger partial charge in [0, 0.05) is 12.8 Å². The second-order valence-corrected chi connectivity index (χ2v) is 5.79. The number of carbonyl (C=O) groups excluding carboxylic acids is 3. The standard InChI is InChI=1S/C14H21NO6/c1-8(2)14(3)7-10(16)15(13(14)20)9(12(18)19)5-6-11(17)21-4/h8-9H,5-7H2,1-4H3,(H,18,19). The molecule has 1 aliphatic rings. The Hall–Kier alpha value is -1.92. The average Bonchev–Trinajstić information content (AvgIpc) is 2.62. The first kappa shape index (κ1) is 17.1. The number of hydrogen-bond donors (Lipinski definition) is 1. The van der Waals surface area contributed by atoms with Gasteiger partial charge < -0.3 is 9.84 Å². The van der Waals surface area contributed by atoms with Gasteiger partial charge in [-0.15, -0.1) is 0 Å². The van der Waals surface area contributed by atoms with Gasteiger partial charge >= 0.3 is 11.9 Å². The molecule has 0 saturated carbocycles. The van der Waals surface area contributed by atoms with Gasteiger partial charge in [-0.05, 0) is 19.3 Å². The van der Waals surface area contributed by atoms with Crippen LogP contribution in [0.25, 0.3) is 0 Å². The van der Waals surface area contributed by atoms with Gasteiger partial charge in [-0.3, -0.25) is 19.3 Å². The molecule has 2 amide bonds. The van der Waals surface area contributed by atoms with Gasteiger partial charge in [0.15, 0.2) is 0 Å². The molecule has 118 valence electrons. The van der Waals surface area contributed by atoms with Crippen molar-refractivity contribution in [1.29, 1.82) is 0 Å². The monoisotopic (exact) mass is 299 g/mol. The van der Waals surface area contributed by atoms with Crippen LogP contribution in [-0.4, -0.2) is 46.9 Å². The number of likely N-dealkylation sites (tertiary alicyclic amines) is 1. The summed E-state index contributed by atoms with van der Waals surface area (Å²) in [7, 11) is 1.19. The fraction of sp³-hybridized carbons (Fsp3) is 0.714. The maximum atomic E-state index is 12.5. The van der Waals surface area contributed by atoms with E-state index in [0.29, 0.717) is 0 Å². The van der Waals surface area contributed by atoms with Crippen molar-refractivity contribution in [1.82, 2.24) is 4.90 Å². The number of imide groups is 1. The maximum Gasteiger partial charge on any atom is 0.326 e. The number of amides is 2. The highest BCUT2D eigenvalue weighted by Gasteiger charge is 2.53. The largest absolute Gasteiger partial charge is 0.480 e. The molecule has 0 aliphatic carbocycles. The Balaban J connectivity index is 2.99. The number of rotatable bonds is 6. The molecule has 1 rings (SSSR count). The number of esters is 1. The van der Waals surface area contributed by atoms with Crippen molar-refractivity contribution in [2.75, 3.05) is 7.11 Å². The molecule has 0 bridgehead atoms. The van der Waals surface area contributed by atoms with Crippen LogP contribution in [0, 0.1) is 11.3 Å². The number of aliphatic carboxylic acids is 1. The molecular formula is C14H21NO6. The first-order chi connectivity index (χ1) is 9.65. The van der Waals surface area contributed by atoms with E-state index in [4.69, 9.17) is 0 Å². The Bertz CT molecular complexity index is 472. The summed E-state index contributed by atoms with van der Waals surface area (Å²) in [6.07, 6.45) is -0.317. The van der Waals surface area contributed by atoms with Crippen molar-refractivity contribution < 1.29 is 29.0 Å². The minimum atomic E-state index is -1.33. The lowest BCUT2D eigenvalue weighted by molar-refractivity contribution is -0.157. The number of ether oxygens (including phenoxy) is 1. The Morgan fingerprint density at radius 2 is 1.95 bits per heavy atom. The molecule has 7 nitrogen and oxygen atoms in total. The molecular weight excluding hydrogens is 278 g/mol. The van der Waals surface area contributed by atoms with E-state index in [9.17, 15) is 24.3 Å². The molecule has 0 aromatic rings. The lowest BCUT2D eigenvalue weighted by Crippen LogP contribution is -2.47. The summed E-state index contributed by atoms with van der Waals surface area (Å²) in [6, 6.07) is -1.33. The second kappa shape index (κ2) is 6.24. The van der Waals surface area contributed by atoms with E-state index in [2.05, 4.69) is 4.74 Å². The molecule has 0 aromatic carbocycles. The van der Waals surface area contributed by atoms with Crippen molar-refractivity contribution in [3.8, 4) is 0 Å². The van der Waals surface area contributed by atoms with E-state index in [1.807, 2.05) is 13.8 Å². The molecule has 21 heavy (non-hydrogen) atoms. The van der Waals surface area contributed by atoms with Gasteiger partial charge in [0.2, 0.25) is 11.8 Å². The topological polar surface area (TPSA) is 101 Å². The van der Waals surface area contributed by atoms with Crippen LogP contribution in [0.2, 0.25) is 0 Å². The Morgan fingerprint density at radius 3 is 2.33 bits per heavy atom. The molecule has 1 N–H and O–H groups in total. The van der Waals surface area contributed by atoms with E-state index in [0.717, 1.165) is 4.90 Å². The SMILES string of the molecule is COC(=O)CCC(C(=O)O)N1C(=O)CC(C)(C(C)C)C1=O. The lowest BCUT2D eigenvalue weighted by atomic mass is 9.78. The molecule has 1 heterocycles. The van der Waals surface area contributed by atoms with E-state index < -0.39 is 35.2 Å². The van der Waals surface area contributed by atoms with Crippen LogP contribution in [0.3, 0.4) is 0 Å². The summed E-state index contributed by atoms with van der Waals surface area (Å²) < 4.78 is 4.46. The average molecular weight is 299 g/mol. The number of hydrogen-bond acceptors (Lipinski definition) is 5. The van der Waals surface area contributed by atoms with Crippen molar-refractivity contribution in [3.05, 3.63) is 0 Å². The van der Waals surface area contributed by atoms with Gasteiger partial charge in [-0.2, -0.15) is 0 Å². The predicted molar refractivity (Wildman–Crippen MR) is 72.1 cm³/mol. The highest BCUT2D eigenvalue weighted by Crippen LogP contribution is 2.40. The molecule has 0 aromatic heterocycles. The normalized spacial score (nSPS) is 23.6. The van der Waals surface area contributed by atoms with E-state index in [1.54, 1.807) is 6.92 Å². The zero-order chi connectivity index (χ0) is 16.4. The summed E-state index contributed by atoms with van der Waals surface area (Å²) in [6.45, 7) is 5.30. The number of carboxylic acid groups (broad SMARTS) is 1. The molecule has 0 spiro atoms. The number of carboxylic acids is 1. The van der Waals surface area contributed by atoms with E-state index in [-0.39, 0.29) is 25.2 Å². The fourth-order valence-electron chi connectivity index (χ4n) is 2.35. The van der Waals surface area contributed by atoms with E-state index >= 15 is 0 Å². The van der Waals surface area contributed by atoms with Crippen LogP contribution in [0.4, 0.5) is 0 Å². The Morgan fingerprint density at radius 1 is 1.38 bits per heavy atom. The third kappa shape index (κ3) is 3.22. The molecule has 1 aliphatic heterocycles. The van der Waals surface area contributed by atoms with Crippen LogP contribution in [0.5, 0.6) is 0 Å². The van der Waals surface area contributed by atoms with Crippen LogP contribution < -0.4 is 0 Å². The van der Waals surface area contributed by atoms with Gasteiger partial charge in [-0.25, -0.2) is 4.79 Å². The van der Waals surface area contributed by atoms with Crippen molar-refractivity contribution in [2.45, 2.75) is 46.1 Å². The van der Waals surface area contributed by atoms with Crippen LogP contribution in [-0.2, 0) is 23.9 Å². The third-order valence-electron chi connectivity index (χ3n) is 4.22. The van der Waals surface area contributed by atoms with Gasteiger partial charge in [0.25, 0.3) is 0 Å². The highest BCUT2D eigenvalue weighted by molar-refractivity contribution is 6.08. The fourth-order valence-corrected chi connectivity index (χ4v) is 2.35. The van der Waals surface area contributed by atoms with Crippen LogP contribution in [0.15, 0.2) is 0 Å². The molecule has 2 unspecified atom stereocenters. The summed E-state index contributed by atoms with van der Waals surface area (Å²) in [5.41, 5.74) is -0.893. The molecule has 0 radical (unpaired) electrons. The number of carbonyl (C=O) groups is 4. The zero-order valence-electron chi connectivity index (χ0n) is 12.7. The quantitative estimate of drug-likeness (QED) is 0.575. The van der Waals surface area contributed by atoms with Gasteiger partial charge in [0.05, 0.1) is 12.5 Å². The van der Waals surface area contributed by atoms with Crippen molar-refractivity contribution >= 4 is 23.8 Å². The Labute approximate surface area is 123 Å². The highest BCUT2D eigenvalue weighted by atomic mass is 16.5. The molecule has 2 atom stereocenters. The summed E-state index contributed by atoms with van der Waals surface area (Å²) in [5, 5.41) is 9.27. The lowest BCUT2D eigenvalue weighted by Gasteiger charge is -2.28. The smallest absolute Gasteiger partial charge is 0.326 e. The first-order valence-corrected chi connectivity index (χ1v) is 6.81. The molecule has 1 fully saturated rings. The number of nitrogens with zero attached hydrogens (tertiary/aromatic N) is 1. The second-order valence-electron chi connectivity index (χ2n) is 5.79. The zero-order valence-corrected chi connectivity index (χ0v) is 12.7. The van der Waals surface area contributed by atoms with Gasteiger partial charge in [0.1, 0.15) is 6.04 Å². The van der Waals surface area contributed by atoms with Crippen LogP contribution in [0.1, 0.15) is 40.0 Å². The van der Waals surface area contributed by atoms with E-state index in [1.165, 1.54) is 7.11 Å². The van der Waals surface area contributed by atoms with Crippen LogP contribution >= 0.6 is 0 Å². The Kier molecular flexibility index (Phi) is 5.09. The molecule has 7 heteroatoms. The maximum absolute atomic E-state index is 12.5. The minimum absolute atomic E-state index is 0.00843. The number of methoxy groups -OCH3 is 1. The predicted octanol–water partition coefficient (Wildman–Crippen LogP) is 0.814. The summed E-state index contributed by atoms with van der Waals surface area (Å²) in [5.74, 6) is -2.96. The van der Waals surface area contributed by atoms with Crippen molar-refractivity contribution in [2.24, 2.45) is 11.3 Å². The van der Waals surface area contributed by atoms with Gasteiger partial charge in [-0.1, -0.05) is 13.8 Å². The first-order valence-electron chi connectivity index (χ1n) is 6.81. The molecule has 1 saturated heterocycles. The minimum Gasteiger partial charge on any atom is -0.480 e. The summed E-state index contributed by atoms with van der Waals surface area (Å²) >= 11 is 0. The van der Waals surface area contributed by atoms with Crippen molar-refractivity contribution in [3.63, 3.8) is 0 Å². The third-order valence-corrected chi connectivity index (χ3v) is 4.22.